The lowest BCUT2D eigenvalue weighted by atomic mass is 9.88. The molecule has 7 atom stereocenters. The topological polar surface area (TPSA) is 99.0 Å². The highest BCUT2D eigenvalue weighted by Crippen LogP contribution is 2.24. The highest BCUT2D eigenvalue weighted by atomic mass is 16.5. The summed E-state index contributed by atoms with van der Waals surface area (Å²) < 4.78 is 5.59. The van der Waals surface area contributed by atoms with E-state index in [0.29, 0.717) is 13.0 Å². The molecule has 0 spiro atoms. The van der Waals surface area contributed by atoms with Gasteiger partial charge in [-0.3, -0.25) is 4.79 Å². The third-order valence-electron chi connectivity index (χ3n) is 4.37. The first-order chi connectivity index (χ1) is 9.83. The zero-order valence-corrected chi connectivity index (χ0v) is 13.3. The molecule has 0 saturated carbocycles. The Morgan fingerprint density at radius 3 is 2.24 bits per heavy atom. The Kier molecular flexibility index (Phi) is 7.23. The molecule has 6 heteroatoms. The van der Waals surface area contributed by atoms with E-state index >= 15 is 0 Å². The first kappa shape index (κ1) is 18.5. The van der Waals surface area contributed by atoms with Crippen LogP contribution in [0.1, 0.15) is 40.5 Å². The Bertz CT molecular complexity index is 338. The number of hydrogen-bond acceptors (Lipinski definition) is 6. The molecule has 1 heterocycles. The molecule has 0 radical (unpaired) electrons. The second-order valence-corrected chi connectivity index (χ2v) is 6.00. The van der Waals surface area contributed by atoms with E-state index in [-0.39, 0.29) is 17.7 Å². The average molecular weight is 303 g/mol. The number of Topliss-reactive ketones (excluding diaryl/α,β-unsaturated/α-hetero) is 1. The van der Waals surface area contributed by atoms with E-state index in [1.165, 1.54) is 0 Å². The van der Waals surface area contributed by atoms with E-state index in [1.54, 1.807) is 6.92 Å². The van der Waals surface area contributed by atoms with E-state index in [4.69, 9.17) is 4.74 Å². The minimum absolute atomic E-state index is 0.232. The Morgan fingerprint density at radius 2 is 1.71 bits per heavy atom. The smallest absolute Gasteiger partial charge is 0.167 e. The van der Waals surface area contributed by atoms with Crippen molar-refractivity contribution in [2.45, 2.75) is 77.1 Å². The van der Waals surface area contributed by atoms with Gasteiger partial charge in [0.1, 0.15) is 24.4 Å². The monoisotopic (exact) mass is 303 g/mol. The summed E-state index contributed by atoms with van der Waals surface area (Å²) in [6, 6.07) is 0.244. The SMILES string of the molecule is CCC(C)NCC1OC(C(=O)C(C)CC)C(O)C(O)C1O. The number of ether oxygens (including phenoxy) is 1. The summed E-state index contributed by atoms with van der Waals surface area (Å²) in [5.41, 5.74) is 0. The maximum atomic E-state index is 12.2. The van der Waals surface area contributed by atoms with Gasteiger partial charge in [-0.15, -0.1) is 0 Å². The van der Waals surface area contributed by atoms with Crippen LogP contribution in [0.15, 0.2) is 0 Å². The number of carbonyl (C=O) groups excluding carboxylic acids is 1. The van der Waals surface area contributed by atoms with Gasteiger partial charge in [0.05, 0.1) is 6.10 Å². The number of hydrogen-bond donors (Lipinski definition) is 4. The zero-order valence-electron chi connectivity index (χ0n) is 13.3. The van der Waals surface area contributed by atoms with E-state index in [2.05, 4.69) is 5.32 Å². The highest BCUT2D eigenvalue weighted by Gasteiger charge is 2.46. The van der Waals surface area contributed by atoms with Crippen molar-refractivity contribution in [2.75, 3.05) is 6.54 Å². The van der Waals surface area contributed by atoms with Crippen LogP contribution in [0.5, 0.6) is 0 Å². The van der Waals surface area contributed by atoms with Crippen molar-refractivity contribution < 1.29 is 24.9 Å². The van der Waals surface area contributed by atoms with Crippen molar-refractivity contribution in [1.29, 1.82) is 0 Å². The van der Waals surface area contributed by atoms with Crippen molar-refractivity contribution in [3.8, 4) is 0 Å². The first-order valence-electron chi connectivity index (χ1n) is 7.80. The summed E-state index contributed by atoms with van der Waals surface area (Å²) in [6.45, 7) is 8.00. The lowest BCUT2D eigenvalue weighted by molar-refractivity contribution is -0.219. The number of ketones is 1. The van der Waals surface area contributed by atoms with Crippen molar-refractivity contribution >= 4 is 5.78 Å². The molecule has 1 saturated heterocycles. The van der Waals surface area contributed by atoms with Gasteiger partial charge in [0.2, 0.25) is 0 Å². The van der Waals surface area contributed by atoms with Crippen molar-refractivity contribution in [3.05, 3.63) is 0 Å². The third kappa shape index (κ3) is 4.47. The normalized spacial score (nSPS) is 36.2. The summed E-state index contributed by atoms with van der Waals surface area (Å²) in [5.74, 6) is -0.486. The molecule has 1 rings (SSSR count). The summed E-state index contributed by atoms with van der Waals surface area (Å²) in [5, 5.41) is 33.1. The van der Waals surface area contributed by atoms with E-state index in [9.17, 15) is 20.1 Å². The molecule has 1 aliphatic rings. The summed E-state index contributed by atoms with van der Waals surface area (Å²) in [6.07, 6.45) is -4.21. The Hall–Kier alpha value is -0.530. The molecule has 7 unspecified atom stereocenters. The molecular formula is C15H29NO5. The molecule has 0 aromatic carbocycles. The van der Waals surface area contributed by atoms with Crippen LogP contribution < -0.4 is 5.32 Å². The molecule has 0 bridgehead atoms. The van der Waals surface area contributed by atoms with Gasteiger partial charge in [-0.25, -0.2) is 0 Å². The predicted molar refractivity (Wildman–Crippen MR) is 78.9 cm³/mol. The quantitative estimate of drug-likeness (QED) is 0.522. The van der Waals surface area contributed by atoms with Gasteiger partial charge in [0.15, 0.2) is 5.78 Å². The van der Waals surface area contributed by atoms with Gasteiger partial charge >= 0.3 is 0 Å². The van der Waals surface area contributed by atoms with Gasteiger partial charge < -0.3 is 25.4 Å². The molecule has 0 aliphatic carbocycles. The standard InChI is InChI=1S/C15H29NO5/c1-5-8(3)11(17)15-14(20)13(19)12(18)10(21-15)7-16-9(4)6-2/h8-10,12-16,18-20H,5-7H2,1-4H3. The number of aliphatic hydroxyl groups is 3. The Morgan fingerprint density at radius 1 is 1.10 bits per heavy atom. The largest absolute Gasteiger partial charge is 0.388 e. The molecule has 1 fully saturated rings. The number of nitrogens with one attached hydrogen (secondary N) is 1. The van der Waals surface area contributed by atoms with Crippen molar-refractivity contribution in [1.82, 2.24) is 5.32 Å². The molecular weight excluding hydrogens is 274 g/mol. The molecule has 6 nitrogen and oxygen atoms in total. The summed E-state index contributed by atoms with van der Waals surface area (Å²) in [7, 11) is 0. The Balaban J connectivity index is 2.75. The predicted octanol–water partition coefficient (Wildman–Crippen LogP) is -0.160. The summed E-state index contributed by atoms with van der Waals surface area (Å²) >= 11 is 0. The minimum atomic E-state index is -1.39. The molecule has 124 valence electrons. The molecule has 0 aromatic rings. The van der Waals surface area contributed by atoms with Crippen LogP contribution in [0, 0.1) is 5.92 Å². The Labute approximate surface area is 126 Å². The molecule has 0 aromatic heterocycles. The molecule has 21 heavy (non-hydrogen) atoms. The second-order valence-electron chi connectivity index (χ2n) is 6.00. The maximum absolute atomic E-state index is 12.2. The number of aliphatic hydroxyl groups excluding tert-OH is 3. The van der Waals surface area contributed by atoms with Crippen molar-refractivity contribution in [3.63, 3.8) is 0 Å². The van der Waals surface area contributed by atoms with Gasteiger partial charge in [-0.2, -0.15) is 0 Å². The lowest BCUT2D eigenvalue weighted by Crippen LogP contribution is -2.62. The van der Waals surface area contributed by atoms with E-state index < -0.39 is 30.5 Å². The van der Waals surface area contributed by atoms with Crippen LogP contribution in [0.25, 0.3) is 0 Å². The van der Waals surface area contributed by atoms with Crippen molar-refractivity contribution in [2.24, 2.45) is 5.92 Å². The van der Waals surface area contributed by atoms with Crippen LogP contribution in [0.4, 0.5) is 0 Å². The van der Waals surface area contributed by atoms with Crippen LogP contribution >= 0.6 is 0 Å². The van der Waals surface area contributed by atoms with Gasteiger partial charge in [-0.1, -0.05) is 20.8 Å². The van der Waals surface area contributed by atoms with Crippen LogP contribution in [-0.2, 0) is 9.53 Å². The van der Waals surface area contributed by atoms with Crippen LogP contribution in [0.3, 0.4) is 0 Å². The van der Waals surface area contributed by atoms with Gasteiger partial charge in [0, 0.05) is 18.5 Å². The first-order valence-corrected chi connectivity index (χ1v) is 7.80. The minimum Gasteiger partial charge on any atom is -0.388 e. The highest BCUT2D eigenvalue weighted by molar-refractivity contribution is 5.86. The van der Waals surface area contributed by atoms with Gasteiger partial charge in [0.25, 0.3) is 0 Å². The van der Waals surface area contributed by atoms with Gasteiger partial charge in [-0.05, 0) is 19.8 Å². The van der Waals surface area contributed by atoms with E-state index in [0.717, 1.165) is 6.42 Å². The molecule has 1 aliphatic heterocycles. The third-order valence-corrected chi connectivity index (χ3v) is 4.37. The fraction of sp³-hybridized carbons (Fsp3) is 0.933. The average Bonchev–Trinajstić information content (AvgIpc) is 2.50. The lowest BCUT2D eigenvalue weighted by Gasteiger charge is -2.41. The molecule has 4 N–H and O–H groups in total. The fourth-order valence-electron chi connectivity index (χ4n) is 2.30. The second kappa shape index (κ2) is 8.19. The summed E-state index contributed by atoms with van der Waals surface area (Å²) in [4.78, 5) is 12.2. The van der Waals surface area contributed by atoms with Crippen LogP contribution in [-0.4, -0.2) is 64.2 Å². The zero-order chi connectivity index (χ0) is 16.2. The molecule has 0 amide bonds. The van der Waals surface area contributed by atoms with E-state index in [1.807, 2.05) is 20.8 Å². The van der Waals surface area contributed by atoms with Crippen LogP contribution in [0.2, 0.25) is 0 Å². The maximum Gasteiger partial charge on any atom is 0.167 e. The number of rotatable bonds is 7. The number of carbonyl (C=O) groups is 1. The fourth-order valence-corrected chi connectivity index (χ4v) is 2.30.